The minimum Gasteiger partial charge on any atom is -0.468 e. The summed E-state index contributed by atoms with van der Waals surface area (Å²) in [5.41, 5.74) is 0.873. The molecular formula is C17H16N2O4. The Labute approximate surface area is 133 Å². The van der Waals surface area contributed by atoms with Crippen LogP contribution in [0.1, 0.15) is 5.56 Å². The highest BCUT2D eigenvalue weighted by Gasteiger charge is 2.42. The lowest BCUT2D eigenvalue weighted by atomic mass is 10.1. The molecule has 0 aromatic heterocycles. The number of nitrogens with one attached hydrogen (secondary N) is 2. The summed E-state index contributed by atoms with van der Waals surface area (Å²) in [4.78, 5) is 23.4. The van der Waals surface area contributed by atoms with Gasteiger partial charge in [-0.15, -0.1) is 0 Å². The SMILES string of the molecule is O=C(N[C@@H]1C(=O)N[C@H]1Oc1ccccc1)OCc1ccccc1. The topological polar surface area (TPSA) is 76.7 Å². The van der Waals surface area contributed by atoms with Crippen molar-refractivity contribution in [1.29, 1.82) is 0 Å². The van der Waals surface area contributed by atoms with Crippen LogP contribution in [-0.2, 0) is 16.1 Å². The molecule has 2 atom stereocenters. The third-order valence-electron chi connectivity index (χ3n) is 3.36. The lowest BCUT2D eigenvalue weighted by Crippen LogP contribution is -2.71. The Hall–Kier alpha value is -3.02. The number of para-hydroxylation sites is 1. The smallest absolute Gasteiger partial charge is 0.408 e. The van der Waals surface area contributed by atoms with Crippen LogP contribution in [0.25, 0.3) is 0 Å². The van der Waals surface area contributed by atoms with Crippen LogP contribution in [0.5, 0.6) is 5.75 Å². The molecule has 2 amide bonds. The summed E-state index contributed by atoms with van der Waals surface area (Å²) in [5.74, 6) is 0.310. The molecule has 2 aromatic carbocycles. The Morgan fingerprint density at radius 3 is 2.35 bits per heavy atom. The molecular weight excluding hydrogens is 296 g/mol. The maximum absolute atomic E-state index is 11.8. The first-order valence-corrected chi connectivity index (χ1v) is 7.22. The minimum absolute atomic E-state index is 0.144. The van der Waals surface area contributed by atoms with Gasteiger partial charge in [-0.25, -0.2) is 4.79 Å². The van der Waals surface area contributed by atoms with Crippen molar-refractivity contribution in [2.75, 3.05) is 0 Å². The highest BCUT2D eigenvalue weighted by molar-refractivity contribution is 5.91. The second-order valence-corrected chi connectivity index (χ2v) is 5.04. The zero-order valence-electron chi connectivity index (χ0n) is 12.3. The average molecular weight is 312 g/mol. The van der Waals surface area contributed by atoms with Crippen molar-refractivity contribution in [3.8, 4) is 5.75 Å². The van der Waals surface area contributed by atoms with E-state index in [-0.39, 0.29) is 12.5 Å². The van der Waals surface area contributed by atoms with Gasteiger partial charge in [-0.2, -0.15) is 0 Å². The fourth-order valence-corrected chi connectivity index (χ4v) is 2.13. The molecule has 1 saturated heterocycles. The van der Waals surface area contributed by atoms with Crippen LogP contribution in [-0.4, -0.2) is 24.3 Å². The largest absolute Gasteiger partial charge is 0.468 e. The molecule has 118 valence electrons. The van der Waals surface area contributed by atoms with E-state index in [2.05, 4.69) is 10.6 Å². The van der Waals surface area contributed by atoms with E-state index < -0.39 is 18.4 Å². The summed E-state index contributed by atoms with van der Waals surface area (Å²) >= 11 is 0. The Morgan fingerprint density at radius 1 is 1.04 bits per heavy atom. The van der Waals surface area contributed by atoms with Crippen molar-refractivity contribution in [1.82, 2.24) is 10.6 Å². The molecule has 0 unspecified atom stereocenters. The van der Waals surface area contributed by atoms with Crippen molar-refractivity contribution >= 4 is 12.0 Å². The van der Waals surface area contributed by atoms with Crippen molar-refractivity contribution in [2.24, 2.45) is 0 Å². The molecule has 0 spiro atoms. The van der Waals surface area contributed by atoms with E-state index in [1.165, 1.54) is 0 Å². The maximum atomic E-state index is 11.8. The van der Waals surface area contributed by atoms with Gasteiger partial charge in [0.25, 0.3) is 5.91 Å². The Morgan fingerprint density at radius 2 is 1.70 bits per heavy atom. The lowest BCUT2D eigenvalue weighted by Gasteiger charge is -2.36. The number of benzene rings is 2. The highest BCUT2D eigenvalue weighted by atomic mass is 16.6. The van der Waals surface area contributed by atoms with Gasteiger partial charge in [-0.3, -0.25) is 4.79 Å². The number of β-lactam (4-membered cyclic amide) rings is 1. The van der Waals surface area contributed by atoms with Gasteiger partial charge in [-0.1, -0.05) is 48.5 Å². The van der Waals surface area contributed by atoms with E-state index >= 15 is 0 Å². The van der Waals surface area contributed by atoms with Crippen molar-refractivity contribution in [3.05, 3.63) is 66.2 Å². The zero-order chi connectivity index (χ0) is 16.1. The highest BCUT2D eigenvalue weighted by Crippen LogP contribution is 2.16. The van der Waals surface area contributed by atoms with Gasteiger partial charge in [0.15, 0.2) is 6.04 Å². The average Bonchev–Trinajstić information content (AvgIpc) is 2.59. The normalized spacial score (nSPS) is 19.2. The molecule has 6 nitrogen and oxygen atoms in total. The van der Waals surface area contributed by atoms with Crippen LogP contribution in [0.2, 0.25) is 0 Å². The summed E-state index contributed by atoms with van der Waals surface area (Å²) in [7, 11) is 0. The van der Waals surface area contributed by atoms with Gasteiger partial charge >= 0.3 is 6.09 Å². The van der Waals surface area contributed by atoms with Crippen molar-refractivity contribution in [2.45, 2.75) is 18.9 Å². The molecule has 1 aliphatic rings. The van der Waals surface area contributed by atoms with Gasteiger partial charge in [0.05, 0.1) is 0 Å². The second-order valence-electron chi connectivity index (χ2n) is 5.04. The monoisotopic (exact) mass is 312 g/mol. The first-order valence-electron chi connectivity index (χ1n) is 7.22. The molecule has 0 saturated carbocycles. The number of hydrogen-bond acceptors (Lipinski definition) is 4. The van der Waals surface area contributed by atoms with E-state index in [0.29, 0.717) is 5.75 Å². The van der Waals surface area contributed by atoms with Crippen LogP contribution in [0.3, 0.4) is 0 Å². The van der Waals surface area contributed by atoms with Gasteiger partial charge in [0.1, 0.15) is 12.4 Å². The summed E-state index contributed by atoms with van der Waals surface area (Å²) in [6.07, 6.45) is -1.26. The maximum Gasteiger partial charge on any atom is 0.408 e. The van der Waals surface area contributed by atoms with Gasteiger partial charge < -0.3 is 20.1 Å². The molecule has 23 heavy (non-hydrogen) atoms. The first kappa shape index (κ1) is 14.9. The van der Waals surface area contributed by atoms with E-state index in [4.69, 9.17) is 9.47 Å². The number of hydrogen-bond donors (Lipinski definition) is 2. The number of carbonyl (C=O) groups is 2. The number of carbonyl (C=O) groups excluding carboxylic acids is 2. The summed E-state index contributed by atoms with van der Waals surface area (Å²) in [5, 5.41) is 5.10. The summed E-state index contributed by atoms with van der Waals surface area (Å²) in [6, 6.07) is 17.6. The Balaban J connectivity index is 1.49. The molecule has 6 heteroatoms. The lowest BCUT2D eigenvalue weighted by molar-refractivity contribution is -0.139. The van der Waals surface area contributed by atoms with Crippen LogP contribution in [0, 0.1) is 0 Å². The number of alkyl carbamates (subject to hydrolysis) is 1. The molecule has 2 N–H and O–H groups in total. The molecule has 1 heterocycles. The summed E-state index contributed by atoms with van der Waals surface area (Å²) in [6.45, 7) is 0.144. The van der Waals surface area contributed by atoms with Crippen LogP contribution in [0.15, 0.2) is 60.7 Å². The minimum atomic E-state index is -0.765. The third-order valence-corrected chi connectivity index (χ3v) is 3.36. The van der Waals surface area contributed by atoms with Gasteiger partial charge in [0, 0.05) is 0 Å². The van der Waals surface area contributed by atoms with Gasteiger partial charge in [-0.05, 0) is 17.7 Å². The standard InChI is InChI=1S/C17H16N2O4/c20-15-14(16(19-15)23-13-9-5-2-6-10-13)18-17(21)22-11-12-7-3-1-4-8-12/h1-10,14,16H,11H2,(H,18,21)(H,19,20)/t14-,16+/m1/s1. The quantitative estimate of drug-likeness (QED) is 0.826. The van der Waals surface area contributed by atoms with Crippen LogP contribution >= 0.6 is 0 Å². The van der Waals surface area contributed by atoms with E-state index in [9.17, 15) is 9.59 Å². The van der Waals surface area contributed by atoms with E-state index in [1.54, 1.807) is 12.1 Å². The molecule has 1 fully saturated rings. The molecule has 0 bridgehead atoms. The molecule has 0 radical (unpaired) electrons. The van der Waals surface area contributed by atoms with Crippen LogP contribution < -0.4 is 15.4 Å². The molecule has 3 rings (SSSR count). The van der Waals surface area contributed by atoms with Crippen LogP contribution in [0.4, 0.5) is 4.79 Å². The first-order chi connectivity index (χ1) is 11.2. The van der Waals surface area contributed by atoms with Crippen molar-refractivity contribution in [3.63, 3.8) is 0 Å². The second kappa shape index (κ2) is 6.83. The third kappa shape index (κ3) is 3.79. The molecule has 0 aliphatic carbocycles. The zero-order valence-corrected chi connectivity index (χ0v) is 12.3. The number of rotatable bonds is 5. The summed E-state index contributed by atoms with van der Waals surface area (Å²) < 4.78 is 10.7. The Bertz CT molecular complexity index is 676. The van der Waals surface area contributed by atoms with Gasteiger partial charge in [0.2, 0.25) is 6.23 Å². The predicted octanol–water partition coefficient (Wildman–Crippen LogP) is 1.82. The molecule has 2 aromatic rings. The number of ether oxygens (including phenoxy) is 2. The van der Waals surface area contributed by atoms with Crippen molar-refractivity contribution < 1.29 is 19.1 Å². The fraction of sp³-hybridized carbons (Fsp3) is 0.176. The fourth-order valence-electron chi connectivity index (χ4n) is 2.13. The Kier molecular flexibility index (Phi) is 4.42. The van der Waals surface area contributed by atoms with E-state index in [0.717, 1.165) is 5.56 Å². The number of amides is 2. The van der Waals surface area contributed by atoms with E-state index in [1.807, 2.05) is 48.5 Å². The molecule has 1 aliphatic heterocycles. The predicted molar refractivity (Wildman–Crippen MR) is 82.6 cm³/mol.